The lowest BCUT2D eigenvalue weighted by atomic mass is 9.99. The molecule has 0 aromatic rings. The summed E-state index contributed by atoms with van der Waals surface area (Å²) in [7, 11) is 0. The molecule has 4 nitrogen and oxygen atoms in total. The van der Waals surface area contributed by atoms with Crippen molar-refractivity contribution in [1.82, 2.24) is 10.2 Å². The Kier molecular flexibility index (Phi) is 8.39. The normalized spacial score (nSPS) is 16.4. The van der Waals surface area contributed by atoms with Crippen molar-refractivity contribution in [2.45, 2.75) is 26.7 Å². The van der Waals surface area contributed by atoms with Crippen molar-refractivity contribution in [3.05, 3.63) is 0 Å². The number of halogens is 1. The summed E-state index contributed by atoms with van der Waals surface area (Å²) in [5, 5.41) is 3.30. The molecule has 1 amide bonds. The zero-order valence-electron chi connectivity index (χ0n) is 10.2. The molecule has 0 aromatic heterocycles. The van der Waals surface area contributed by atoms with Crippen molar-refractivity contribution in [2.75, 3.05) is 32.8 Å². The number of carbonyl (C=O) groups is 1. The van der Waals surface area contributed by atoms with Crippen LogP contribution in [0.2, 0.25) is 0 Å². The monoisotopic (exact) mass is 250 g/mol. The van der Waals surface area contributed by atoms with Gasteiger partial charge in [-0.2, -0.15) is 0 Å². The standard InChI is InChI=1S/C11H22N2O2.ClH/c1-3-13(4-2)11(14)15-9-10-5-7-12-8-6-10;/h10,12H,3-9H2,1-2H3;1H. The maximum Gasteiger partial charge on any atom is 0.409 e. The van der Waals surface area contributed by atoms with Crippen molar-refractivity contribution >= 4 is 18.5 Å². The highest BCUT2D eigenvalue weighted by Crippen LogP contribution is 2.12. The molecule has 1 heterocycles. The van der Waals surface area contributed by atoms with Gasteiger partial charge in [0.15, 0.2) is 0 Å². The maximum absolute atomic E-state index is 11.5. The average molecular weight is 251 g/mol. The van der Waals surface area contributed by atoms with Crippen LogP contribution in [0.1, 0.15) is 26.7 Å². The van der Waals surface area contributed by atoms with Crippen molar-refractivity contribution in [1.29, 1.82) is 0 Å². The average Bonchev–Trinajstić information content (AvgIpc) is 2.29. The zero-order chi connectivity index (χ0) is 11.1. The fourth-order valence-corrected chi connectivity index (χ4v) is 1.81. The fourth-order valence-electron chi connectivity index (χ4n) is 1.81. The van der Waals surface area contributed by atoms with Gasteiger partial charge in [-0.05, 0) is 45.7 Å². The summed E-state index contributed by atoms with van der Waals surface area (Å²) in [6, 6.07) is 0. The Hall–Kier alpha value is -0.480. The minimum atomic E-state index is -0.168. The molecule has 0 radical (unpaired) electrons. The second-order valence-electron chi connectivity index (χ2n) is 3.94. The molecule has 1 rings (SSSR count). The highest BCUT2D eigenvalue weighted by Gasteiger charge is 2.17. The number of amides is 1. The highest BCUT2D eigenvalue weighted by atomic mass is 35.5. The molecule has 1 fully saturated rings. The lowest BCUT2D eigenvalue weighted by Gasteiger charge is -2.24. The van der Waals surface area contributed by atoms with Crippen molar-refractivity contribution in [2.24, 2.45) is 5.92 Å². The summed E-state index contributed by atoms with van der Waals surface area (Å²) in [6.07, 6.45) is 2.07. The summed E-state index contributed by atoms with van der Waals surface area (Å²) in [6.45, 7) is 8.06. The first-order valence-electron chi connectivity index (χ1n) is 5.90. The molecule has 5 heteroatoms. The quantitative estimate of drug-likeness (QED) is 0.829. The molecule has 96 valence electrons. The van der Waals surface area contributed by atoms with Gasteiger partial charge in [-0.1, -0.05) is 0 Å². The SMILES string of the molecule is CCN(CC)C(=O)OCC1CCNCC1.Cl. The molecule has 16 heavy (non-hydrogen) atoms. The minimum absolute atomic E-state index is 0. The molecule has 0 aliphatic carbocycles. The number of piperidine rings is 1. The lowest BCUT2D eigenvalue weighted by molar-refractivity contribution is 0.0847. The van der Waals surface area contributed by atoms with E-state index in [0.717, 1.165) is 39.0 Å². The van der Waals surface area contributed by atoms with Crippen LogP contribution in [0.25, 0.3) is 0 Å². The second-order valence-corrected chi connectivity index (χ2v) is 3.94. The first-order valence-corrected chi connectivity index (χ1v) is 5.90. The number of carbonyl (C=O) groups excluding carboxylic acids is 1. The summed E-state index contributed by atoms with van der Waals surface area (Å²) in [5.74, 6) is 0.547. The number of hydrogen-bond donors (Lipinski definition) is 1. The zero-order valence-corrected chi connectivity index (χ0v) is 11.0. The van der Waals surface area contributed by atoms with Crippen molar-refractivity contribution in [3.63, 3.8) is 0 Å². The fraction of sp³-hybridized carbons (Fsp3) is 0.909. The van der Waals surface area contributed by atoms with Gasteiger partial charge in [0, 0.05) is 13.1 Å². The molecule has 0 atom stereocenters. The van der Waals surface area contributed by atoms with Crippen LogP contribution in [0, 0.1) is 5.92 Å². The topological polar surface area (TPSA) is 41.6 Å². The van der Waals surface area contributed by atoms with Crippen LogP contribution in [0.4, 0.5) is 4.79 Å². The van der Waals surface area contributed by atoms with Gasteiger partial charge in [0.1, 0.15) is 0 Å². The molecular formula is C11H23ClN2O2. The van der Waals surface area contributed by atoms with Gasteiger partial charge in [-0.15, -0.1) is 12.4 Å². The molecule has 0 aromatic carbocycles. The molecular weight excluding hydrogens is 228 g/mol. The molecule has 1 saturated heterocycles. The second kappa shape index (κ2) is 8.65. The van der Waals surface area contributed by atoms with Gasteiger partial charge >= 0.3 is 6.09 Å². The van der Waals surface area contributed by atoms with Gasteiger partial charge < -0.3 is 15.0 Å². The van der Waals surface area contributed by atoms with Gasteiger partial charge in [0.2, 0.25) is 0 Å². The molecule has 0 unspecified atom stereocenters. The maximum atomic E-state index is 11.5. The Bertz CT molecular complexity index is 192. The van der Waals surface area contributed by atoms with Gasteiger partial charge in [-0.25, -0.2) is 4.79 Å². The van der Waals surface area contributed by atoms with Crippen LogP contribution >= 0.6 is 12.4 Å². The smallest absolute Gasteiger partial charge is 0.409 e. The van der Waals surface area contributed by atoms with E-state index in [0.29, 0.717) is 12.5 Å². The van der Waals surface area contributed by atoms with Gasteiger partial charge in [0.05, 0.1) is 6.61 Å². The number of nitrogens with one attached hydrogen (secondary N) is 1. The summed E-state index contributed by atoms with van der Waals surface area (Å²) in [5.41, 5.74) is 0. The van der Waals surface area contributed by atoms with E-state index < -0.39 is 0 Å². The summed E-state index contributed by atoms with van der Waals surface area (Å²) < 4.78 is 5.28. The molecule has 1 N–H and O–H groups in total. The van der Waals surface area contributed by atoms with Gasteiger partial charge in [-0.3, -0.25) is 0 Å². The van der Waals surface area contributed by atoms with E-state index in [1.165, 1.54) is 0 Å². The Morgan fingerprint density at radius 3 is 2.38 bits per heavy atom. The minimum Gasteiger partial charge on any atom is -0.449 e. The summed E-state index contributed by atoms with van der Waals surface area (Å²) in [4.78, 5) is 13.2. The summed E-state index contributed by atoms with van der Waals surface area (Å²) >= 11 is 0. The highest BCUT2D eigenvalue weighted by molar-refractivity contribution is 5.85. The van der Waals surface area contributed by atoms with Crippen LogP contribution in [-0.2, 0) is 4.74 Å². The van der Waals surface area contributed by atoms with E-state index in [1.807, 2.05) is 13.8 Å². The third kappa shape index (κ3) is 5.03. The van der Waals surface area contributed by atoms with Crippen LogP contribution in [0.15, 0.2) is 0 Å². The third-order valence-electron chi connectivity index (χ3n) is 2.92. The molecule has 1 aliphatic heterocycles. The van der Waals surface area contributed by atoms with Crippen LogP contribution in [0.3, 0.4) is 0 Å². The van der Waals surface area contributed by atoms with E-state index in [-0.39, 0.29) is 18.5 Å². The van der Waals surface area contributed by atoms with Gasteiger partial charge in [0.25, 0.3) is 0 Å². The van der Waals surface area contributed by atoms with Crippen molar-refractivity contribution < 1.29 is 9.53 Å². The Morgan fingerprint density at radius 2 is 1.88 bits per heavy atom. The third-order valence-corrected chi connectivity index (χ3v) is 2.92. The number of ether oxygens (including phenoxy) is 1. The van der Waals surface area contributed by atoms with E-state index in [9.17, 15) is 4.79 Å². The van der Waals surface area contributed by atoms with E-state index >= 15 is 0 Å². The Balaban J connectivity index is 0.00000225. The van der Waals surface area contributed by atoms with Crippen LogP contribution in [-0.4, -0.2) is 43.8 Å². The Labute approximate surface area is 104 Å². The number of nitrogens with zero attached hydrogens (tertiary/aromatic N) is 1. The lowest BCUT2D eigenvalue weighted by Crippen LogP contribution is -2.34. The Morgan fingerprint density at radius 1 is 1.31 bits per heavy atom. The molecule has 0 saturated carbocycles. The van der Waals surface area contributed by atoms with E-state index in [4.69, 9.17) is 4.74 Å². The predicted octanol–water partition coefficient (Wildman–Crippen LogP) is 1.89. The largest absolute Gasteiger partial charge is 0.449 e. The molecule has 0 spiro atoms. The predicted molar refractivity (Wildman–Crippen MR) is 67.1 cm³/mol. The first kappa shape index (κ1) is 15.5. The first-order chi connectivity index (χ1) is 7.27. The van der Waals surface area contributed by atoms with Crippen molar-refractivity contribution in [3.8, 4) is 0 Å². The molecule has 1 aliphatic rings. The van der Waals surface area contributed by atoms with Crippen LogP contribution < -0.4 is 5.32 Å². The van der Waals surface area contributed by atoms with Crippen LogP contribution in [0.5, 0.6) is 0 Å². The number of rotatable bonds is 4. The van der Waals surface area contributed by atoms with E-state index in [1.54, 1.807) is 4.90 Å². The number of hydrogen-bond acceptors (Lipinski definition) is 3. The van der Waals surface area contributed by atoms with E-state index in [2.05, 4.69) is 5.32 Å². The molecule has 0 bridgehead atoms.